The van der Waals surface area contributed by atoms with Crippen LogP contribution in [0.3, 0.4) is 0 Å². The van der Waals surface area contributed by atoms with E-state index in [1.54, 1.807) is 11.0 Å². The van der Waals surface area contributed by atoms with Gasteiger partial charge in [-0.1, -0.05) is 12.1 Å². The van der Waals surface area contributed by atoms with Crippen molar-refractivity contribution in [2.75, 3.05) is 13.1 Å². The number of nitrogens with two attached hydrogens (primary N) is 1. The number of furan rings is 1. The summed E-state index contributed by atoms with van der Waals surface area (Å²) in [7, 11) is 0. The van der Waals surface area contributed by atoms with Gasteiger partial charge in [-0.2, -0.15) is 0 Å². The molecule has 0 bridgehead atoms. The molecule has 1 aliphatic heterocycles. The summed E-state index contributed by atoms with van der Waals surface area (Å²) < 4.78 is 5.67. The summed E-state index contributed by atoms with van der Waals surface area (Å²) in [6.45, 7) is 4.60. The van der Waals surface area contributed by atoms with Gasteiger partial charge < -0.3 is 20.4 Å². The average molecular weight is 315 g/mol. The highest BCUT2D eigenvalue weighted by Gasteiger charge is 2.38. The van der Waals surface area contributed by atoms with Gasteiger partial charge in [0.1, 0.15) is 17.4 Å². The van der Waals surface area contributed by atoms with Gasteiger partial charge in [-0.3, -0.25) is 9.59 Å². The Balaban J connectivity index is 1.95. The summed E-state index contributed by atoms with van der Waals surface area (Å²) in [5.74, 6) is 0.379. The number of likely N-dealkylation sites (tertiary alicyclic amines) is 1. The lowest BCUT2D eigenvalue weighted by molar-refractivity contribution is -0.124. The summed E-state index contributed by atoms with van der Waals surface area (Å²) in [5.41, 5.74) is 7.02. The first-order valence-corrected chi connectivity index (χ1v) is 7.84. The van der Waals surface area contributed by atoms with E-state index in [-0.39, 0.29) is 17.9 Å². The first kappa shape index (κ1) is 15.6. The number of benzene rings is 1. The topological polar surface area (TPSA) is 88.6 Å². The third-order valence-corrected chi connectivity index (χ3v) is 4.15. The van der Waals surface area contributed by atoms with Crippen LogP contribution in [-0.2, 0) is 4.79 Å². The van der Waals surface area contributed by atoms with Gasteiger partial charge in [-0.25, -0.2) is 0 Å². The first-order valence-electron chi connectivity index (χ1n) is 7.84. The van der Waals surface area contributed by atoms with Crippen LogP contribution in [0, 0.1) is 6.92 Å². The summed E-state index contributed by atoms with van der Waals surface area (Å²) in [4.78, 5) is 26.7. The molecule has 0 radical (unpaired) electrons. The Morgan fingerprint density at radius 2 is 2.22 bits per heavy atom. The van der Waals surface area contributed by atoms with Crippen LogP contribution in [0.1, 0.15) is 29.5 Å². The van der Waals surface area contributed by atoms with Crippen molar-refractivity contribution in [3.63, 3.8) is 0 Å². The number of carbonyl (C=O) groups is 2. The van der Waals surface area contributed by atoms with Crippen molar-refractivity contribution in [3.05, 3.63) is 35.6 Å². The molecule has 1 saturated heterocycles. The molecule has 0 spiro atoms. The molecule has 3 N–H and O–H groups in total. The van der Waals surface area contributed by atoms with Crippen LogP contribution in [0.2, 0.25) is 0 Å². The molecule has 3 rings (SSSR count). The molecular formula is C17H21N3O3. The van der Waals surface area contributed by atoms with Gasteiger partial charge in [0.05, 0.1) is 5.56 Å². The van der Waals surface area contributed by atoms with Crippen molar-refractivity contribution >= 4 is 22.8 Å². The van der Waals surface area contributed by atoms with E-state index in [2.05, 4.69) is 5.32 Å². The quantitative estimate of drug-likeness (QED) is 0.896. The van der Waals surface area contributed by atoms with E-state index in [0.29, 0.717) is 30.7 Å². The van der Waals surface area contributed by atoms with Crippen LogP contribution < -0.4 is 11.1 Å². The Morgan fingerprint density at radius 3 is 2.96 bits per heavy atom. The fourth-order valence-corrected chi connectivity index (χ4v) is 3.15. The number of para-hydroxylation sites is 1. The second-order valence-corrected chi connectivity index (χ2v) is 5.94. The predicted molar refractivity (Wildman–Crippen MR) is 87.1 cm³/mol. The Labute approximate surface area is 134 Å². The minimum Gasteiger partial charge on any atom is -0.461 e. The molecule has 6 heteroatoms. The summed E-state index contributed by atoms with van der Waals surface area (Å²) in [5, 5.41) is 3.65. The average Bonchev–Trinajstić information content (AvgIpc) is 3.08. The molecule has 0 aliphatic carbocycles. The Morgan fingerprint density at radius 1 is 1.43 bits per heavy atom. The van der Waals surface area contributed by atoms with Crippen molar-refractivity contribution in [2.45, 2.75) is 32.4 Å². The molecule has 23 heavy (non-hydrogen) atoms. The molecule has 2 amide bonds. The van der Waals surface area contributed by atoms with Gasteiger partial charge in [-0.15, -0.1) is 0 Å². The van der Waals surface area contributed by atoms with Gasteiger partial charge in [-0.05, 0) is 32.4 Å². The fraction of sp³-hybridized carbons (Fsp3) is 0.412. The maximum Gasteiger partial charge on any atom is 0.258 e. The van der Waals surface area contributed by atoms with Gasteiger partial charge >= 0.3 is 0 Å². The number of hydrogen-bond donors (Lipinski definition) is 2. The smallest absolute Gasteiger partial charge is 0.258 e. The molecule has 1 aromatic carbocycles. The fourth-order valence-electron chi connectivity index (χ4n) is 3.15. The van der Waals surface area contributed by atoms with Gasteiger partial charge in [0.25, 0.3) is 5.91 Å². The number of hydrogen-bond acceptors (Lipinski definition) is 4. The molecule has 0 unspecified atom stereocenters. The van der Waals surface area contributed by atoms with E-state index in [4.69, 9.17) is 10.2 Å². The van der Waals surface area contributed by atoms with E-state index in [0.717, 1.165) is 11.1 Å². The maximum atomic E-state index is 13.0. The lowest BCUT2D eigenvalue weighted by Gasteiger charge is -2.23. The summed E-state index contributed by atoms with van der Waals surface area (Å²) in [6, 6.07) is 6.63. The van der Waals surface area contributed by atoms with E-state index < -0.39 is 6.04 Å². The highest BCUT2D eigenvalue weighted by Crippen LogP contribution is 2.26. The van der Waals surface area contributed by atoms with Crippen LogP contribution in [0.25, 0.3) is 11.0 Å². The van der Waals surface area contributed by atoms with Crippen molar-refractivity contribution in [3.8, 4) is 0 Å². The number of nitrogens with one attached hydrogen (secondary N) is 1. The van der Waals surface area contributed by atoms with Crippen LogP contribution in [0.4, 0.5) is 0 Å². The minimum atomic E-state index is -0.524. The normalized spacial score (nSPS) is 20.9. The Bertz CT molecular complexity index is 753. The van der Waals surface area contributed by atoms with Crippen LogP contribution in [0.5, 0.6) is 0 Å². The number of nitrogens with zero attached hydrogens (tertiary/aromatic N) is 1. The van der Waals surface area contributed by atoms with E-state index in [1.807, 2.05) is 32.0 Å². The highest BCUT2D eigenvalue weighted by atomic mass is 16.3. The minimum absolute atomic E-state index is 0.156. The zero-order valence-corrected chi connectivity index (χ0v) is 13.3. The largest absolute Gasteiger partial charge is 0.461 e. The number of amides is 2. The van der Waals surface area contributed by atoms with Crippen molar-refractivity contribution in [1.29, 1.82) is 0 Å². The monoisotopic (exact) mass is 315 g/mol. The number of likely N-dealkylation sites (N-methyl/N-ethyl adjacent to an activating group) is 1. The first-order chi connectivity index (χ1) is 11.0. The van der Waals surface area contributed by atoms with Crippen LogP contribution >= 0.6 is 0 Å². The van der Waals surface area contributed by atoms with E-state index >= 15 is 0 Å². The summed E-state index contributed by atoms with van der Waals surface area (Å²) >= 11 is 0. The third kappa shape index (κ3) is 2.82. The van der Waals surface area contributed by atoms with Gasteiger partial charge in [0.2, 0.25) is 5.91 Å². The van der Waals surface area contributed by atoms with Gasteiger partial charge in [0, 0.05) is 24.5 Å². The van der Waals surface area contributed by atoms with Crippen molar-refractivity contribution in [1.82, 2.24) is 10.2 Å². The molecule has 6 nitrogen and oxygen atoms in total. The molecule has 1 aromatic heterocycles. The van der Waals surface area contributed by atoms with E-state index in [9.17, 15) is 9.59 Å². The molecule has 2 atom stereocenters. The molecule has 2 aromatic rings. The van der Waals surface area contributed by atoms with Gasteiger partial charge in [0.15, 0.2) is 0 Å². The lowest BCUT2D eigenvalue weighted by Crippen LogP contribution is -2.46. The van der Waals surface area contributed by atoms with Crippen LogP contribution in [-0.4, -0.2) is 41.9 Å². The SMILES string of the molecule is CCNC(=O)[C@@H]1C[C@@H](N)CN1C(=O)c1cccc2cc(C)oc12. The molecule has 2 heterocycles. The predicted octanol–water partition coefficient (Wildman–Crippen LogP) is 1.42. The maximum absolute atomic E-state index is 13.0. The van der Waals surface area contributed by atoms with Crippen molar-refractivity contribution in [2.24, 2.45) is 5.73 Å². The molecule has 0 saturated carbocycles. The Hall–Kier alpha value is -2.34. The Kier molecular flexibility index (Phi) is 4.09. The second-order valence-electron chi connectivity index (χ2n) is 5.94. The van der Waals surface area contributed by atoms with Crippen molar-refractivity contribution < 1.29 is 14.0 Å². The lowest BCUT2D eigenvalue weighted by atomic mass is 10.1. The third-order valence-electron chi connectivity index (χ3n) is 4.15. The number of carbonyl (C=O) groups excluding carboxylic acids is 2. The molecule has 122 valence electrons. The summed E-state index contributed by atoms with van der Waals surface area (Å²) in [6.07, 6.45) is 0.477. The zero-order chi connectivity index (χ0) is 16.6. The highest BCUT2D eigenvalue weighted by molar-refractivity contribution is 6.06. The number of aryl methyl sites for hydroxylation is 1. The zero-order valence-electron chi connectivity index (χ0n) is 13.3. The molecular weight excluding hydrogens is 294 g/mol. The van der Waals surface area contributed by atoms with E-state index in [1.165, 1.54) is 0 Å². The second kappa shape index (κ2) is 6.04. The number of rotatable bonds is 3. The van der Waals surface area contributed by atoms with Crippen LogP contribution in [0.15, 0.2) is 28.7 Å². The standard InChI is InChI=1S/C17H21N3O3/c1-3-19-16(21)14-8-12(18)9-20(14)17(22)13-6-4-5-11-7-10(2)23-15(11)13/h4-7,12,14H,3,8-9,18H2,1-2H3,(H,19,21)/t12-,14+/m1/s1. The molecule has 1 fully saturated rings. The number of fused-ring (bicyclic) bond motifs is 1. The molecule has 1 aliphatic rings.